The fraction of sp³-hybridized carbons (Fsp3) is 0.182. The van der Waals surface area contributed by atoms with E-state index in [1.807, 2.05) is 45.0 Å². The number of ether oxygens (including phenoxy) is 1. The third-order valence-electron chi connectivity index (χ3n) is 4.89. The van der Waals surface area contributed by atoms with E-state index in [-0.39, 0.29) is 17.0 Å². The highest BCUT2D eigenvalue weighted by Crippen LogP contribution is 2.26. The first kappa shape index (κ1) is 22.0. The van der Waals surface area contributed by atoms with E-state index in [4.69, 9.17) is 16.3 Å². The molecular weight excluding hydrogens is 420 g/mol. The van der Waals surface area contributed by atoms with E-state index in [1.54, 1.807) is 0 Å². The molecule has 0 radical (unpaired) electrons. The maximum absolute atomic E-state index is 12.5. The summed E-state index contributed by atoms with van der Waals surface area (Å²) in [6.07, 6.45) is 1.53. The Morgan fingerprint density at radius 1 is 1.19 bits per heavy atom. The number of hydrogen-bond donors (Lipinski definition) is 1. The van der Waals surface area contributed by atoms with E-state index in [0.29, 0.717) is 5.02 Å². The van der Waals surface area contributed by atoms with Gasteiger partial charge in [0.25, 0.3) is 11.6 Å². The predicted octanol–water partition coefficient (Wildman–Crippen LogP) is 4.74. The van der Waals surface area contributed by atoms with Crippen molar-refractivity contribution in [2.24, 2.45) is 5.10 Å². The van der Waals surface area contributed by atoms with Gasteiger partial charge in [-0.2, -0.15) is 5.10 Å². The number of carbonyl (C=O) groups is 1. The molecule has 0 aliphatic carbocycles. The van der Waals surface area contributed by atoms with E-state index >= 15 is 0 Å². The fourth-order valence-corrected chi connectivity index (χ4v) is 3.49. The molecule has 1 heterocycles. The molecule has 31 heavy (non-hydrogen) atoms. The monoisotopic (exact) mass is 440 g/mol. The van der Waals surface area contributed by atoms with Crippen LogP contribution in [0.25, 0.3) is 5.69 Å². The number of rotatable bonds is 6. The number of benzene rings is 2. The second kappa shape index (κ2) is 9.01. The average Bonchev–Trinajstić information content (AvgIpc) is 3.02. The molecule has 0 aliphatic heterocycles. The largest absolute Gasteiger partial charge is 0.496 e. The first-order valence-electron chi connectivity index (χ1n) is 9.34. The van der Waals surface area contributed by atoms with Crippen molar-refractivity contribution in [3.63, 3.8) is 0 Å². The molecule has 2 aromatic carbocycles. The summed E-state index contributed by atoms with van der Waals surface area (Å²) in [7, 11) is 1.38. The second-order valence-electron chi connectivity index (χ2n) is 6.93. The molecule has 0 fully saturated rings. The molecule has 1 N–H and O–H groups in total. The van der Waals surface area contributed by atoms with E-state index in [1.165, 1.54) is 25.5 Å². The lowest BCUT2D eigenvalue weighted by molar-refractivity contribution is -0.384. The van der Waals surface area contributed by atoms with Gasteiger partial charge in [0.05, 0.1) is 23.8 Å². The van der Waals surface area contributed by atoms with Crippen LogP contribution in [0.5, 0.6) is 5.75 Å². The fourth-order valence-electron chi connectivity index (χ4n) is 3.32. The van der Waals surface area contributed by atoms with E-state index < -0.39 is 10.8 Å². The highest BCUT2D eigenvalue weighted by molar-refractivity contribution is 6.30. The van der Waals surface area contributed by atoms with Gasteiger partial charge in [0, 0.05) is 39.8 Å². The van der Waals surface area contributed by atoms with Crippen LogP contribution in [0.4, 0.5) is 5.69 Å². The summed E-state index contributed by atoms with van der Waals surface area (Å²) < 4.78 is 7.19. The maximum Gasteiger partial charge on any atom is 0.275 e. The van der Waals surface area contributed by atoms with Crippen molar-refractivity contribution in [3.05, 3.63) is 85.7 Å². The van der Waals surface area contributed by atoms with Gasteiger partial charge in [-0.1, -0.05) is 17.7 Å². The number of hydrazone groups is 1. The minimum Gasteiger partial charge on any atom is -0.496 e. The molecule has 3 rings (SSSR count). The lowest BCUT2D eigenvalue weighted by Gasteiger charge is -2.13. The van der Waals surface area contributed by atoms with Gasteiger partial charge in [0.2, 0.25) is 0 Å². The van der Waals surface area contributed by atoms with Gasteiger partial charge in [0.1, 0.15) is 5.75 Å². The van der Waals surface area contributed by atoms with Crippen LogP contribution in [0, 0.1) is 30.9 Å². The number of hydrogen-bond acceptors (Lipinski definition) is 5. The van der Waals surface area contributed by atoms with Crippen molar-refractivity contribution in [2.45, 2.75) is 20.8 Å². The third-order valence-corrected chi connectivity index (χ3v) is 5.13. The topological polar surface area (TPSA) is 98.8 Å². The molecule has 0 bridgehead atoms. The third kappa shape index (κ3) is 4.59. The van der Waals surface area contributed by atoms with Gasteiger partial charge in [-0.05, 0) is 50.6 Å². The lowest BCUT2D eigenvalue weighted by atomic mass is 10.1. The van der Waals surface area contributed by atoms with Crippen molar-refractivity contribution in [2.75, 3.05) is 7.11 Å². The standard InChI is InChI=1S/C22H21ClN4O4/c1-13-5-6-17(23)10-20(13)26-14(2)9-16(15(26)3)12-24-25-22(28)19-11-18(27(29)30)7-8-21(19)31-4/h5-12H,1-4H3,(H,25,28)/b24-12-. The van der Waals surface area contributed by atoms with Crippen molar-refractivity contribution < 1.29 is 14.5 Å². The molecule has 0 aliphatic rings. The van der Waals surface area contributed by atoms with Crippen molar-refractivity contribution in [1.82, 2.24) is 9.99 Å². The van der Waals surface area contributed by atoms with Crippen LogP contribution in [0.3, 0.4) is 0 Å². The Morgan fingerprint density at radius 2 is 1.94 bits per heavy atom. The van der Waals surface area contributed by atoms with Gasteiger partial charge in [-0.15, -0.1) is 0 Å². The Bertz CT molecular complexity index is 1200. The molecule has 0 saturated heterocycles. The Kier molecular flexibility index (Phi) is 6.41. The number of methoxy groups -OCH3 is 1. The molecule has 1 aromatic heterocycles. The number of aromatic nitrogens is 1. The lowest BCUT2D eigenvalue weighted by Crippen LogP contribution is -2.18. The molecule has 3 aromatic rings. The van der Waals surface area contributed by atoms with E-state index in [9.17, 15) is 14.9 Å². The minimum absolute atomic E-state index is 0.0221. The van der Waals surface area contributed by atoms with Gasteiger partial charge in [-0.3, -0.25) is 14.9 Å². The van der Waals surface area contributed by atoms with Crippen molar-refractivity contribution in [1.29, 1.82) is 0 Å². The van der Waals surface area contributed by atoms with E-state index in [0.717, 1.165) is 34.3 Å². The highest BCUT2D eigenvalue weighted by atomic mass is 35.5. The van der Waals surface area contributed by atoms with Crippen LogP contribution in [0.2, 0.25) is 5.02 Å². The number of amides is 1. The molecule has 0 unspecified atom stereocenters. The number of halogens is 1. The molecule has 0 atom stereocenters. The molecule has 8 nitrogen and oxygen atoms in total. The Labute approximate surface area is 184 Å². The minimum atomic E-state index is -0.615. The summed E-state index contributed by atoms with van der Waals surface area (Å²) in [5.41, 5.74) is 6.96. The second-order valence-corrected chi connectivity index (χ2v) is 7.37. The molecule has 9 heteroatoms. The Hall–Kier alpha value is -3.65. The molecule has 160 valence electrons. The number of nitrogens with zero attached hydrogens (tertiary/aromatic N) is 3. The average molecular weight is 441 g/mol. The maximum atomic E-state index is 12.5. The summed E-state index contributed by atoms with van der Waals surface area (Å²) in [6.45, 7) is 5.92. The summed E-state index contributed by atoms with van der Waals surface area (Å²) in [5.74, 6) is -0.399. The normalized spacial score (nSPS) is 11.0. The van der Waals surface area contributed by atoms with Gasteiger partial charge in [0.15, 0.2) is 0 Å². The van der Waals surface area contributed by atoms with Crippen LogP contribution in [-0.4, -0.2) is 28.7 Å². The first-order chi connectivity index (χ1) is 14.7. The van der Waals surface area contributed by atoms with E-state index in [2.05, 4.69) is 15.1 Å². The highest BCUT2D eigenvalue weighted by Gasteiger charge is 2.17. The van der Waals surface area contributed by atoms with Gasteiger partial charge in [-0.25, -0.2) is 5.43 Å². The molecular formula is C22H21ClN4O4. The Morgan fingerprint density at radius 3 is 2.61 bits per heavy atom. The van der Waals surface area contributed by atoms with Crippen molar-refractivity contribution in [3.8, 4) is 11.4 Å². The van der Waals surface area contributed by atoms with Crippen LogP contribution >= 0.6 is 11.6 Å². The molecule has 0 spiro atoms. The zero-order chi connectivity index (χ0) is 22.7. The number of nitro benzene ring substituents is 1. The zero-order valence-electron chi connectivity index (χ0n) is 17.5. The van der Waals surface area contributed by atoms with Gasteiger partial charge < -0.3 is 9.30 Å². The van der Waals surface area contributed by atoms with Crippen LogP contribution in [0.15, 0.2) is 47.6 Å². The quantitative estimate of drug-likeness (QED) is 0.340. The zero-order valence-corrected chi connectivity index (χ0v) is 18.2. The summed E-state index contributed by atoms with van der Waals surface area (Å²) >= 11 is 6.17. The number of nitro groups is 1. The molecule has 1 amide bonds. The first-order valence-corrected chi connectivity index (χ1v) is 9.72. The van der Waals surface area contributed by atoms with Crippen LogP contribution in [-0.2, 0) is 0 Å². The summed E-state index contributed by atoms with van der Waals surface area (Å²) in [4.78, 5) is 22.9. The summed E-state index contributed by atoms with van der Waals surface area (Å²) in [5, 5.41) is 15.7. The molecule has 0 saturated carbocycles. The van der Waals surface area contributed by atoms with Crippen LogP contribution < -0.4 is 10.2 Å². The van der Waals surface area contributed by atoms with Crippen LogP contribution in [0.1, 0.15) is 32.9 Å². The number of nitrogens with one attached hydrogen (secondary N) is 1. The SMILES string of the molecule is COc1ccc([N+](=O)[O-])cc1C(=O)N/N=C\c1cc(C)n(-c2cc(Cl)ccc2C)c1C. The Balaban J connectivity index is 1.86. The number of aryl methyl sites for hydroxylation is 2. The number of non-ortho nitro benzene ring substituents is 1. The summed E-state index contributed by atoms with van der Waals surface area (Å²) in [6, 6.07) is 11.4. The number of carbonyl (C=O) groups excluding carboxylic acids is 1. The van der Waals surface area contributed by atoms with Crippen molar-refractivity contribution >= 4 is 29.4 Å². The smallest absolute Gasteiger partial charge is 0.275 e. The predicted molar refractivity (Wildman–Crippen MR) is 120 cm³/mol. The van der Waals surface area contributed by atoms with Gasteiger partial charge >= 0.3 is 0 Å².